The average molecular weight is 340 g/mol. The summed E-state index contributed by atoms with van der Waals surface area (Å²) in [4.78, 5) is 11.6. The van der Waals surface area contributed by atoms with Crippen LogP contribution in [0.2, 0.25) is 0 Å². The van der Waals surface area contributed by atoms with Gasteiger partial charge in [0.2, 0.25) is 5.88 Å². The van der Waals surface area contributed by atoms with Crippen molar-refractivity contribution in [3.63, 3.8) is 0 Å². The summed E-state index contributed by atoms with van der Waals surface area (Å²) >= 11 is 0. The number of carbonyl (C=O) groups excluding carboxylic acids is 1. The Bertz CT molecular complexity index is 763. The highest BCUT2D eigenvalue weighted by Crippen LogP contribution is 2.36. The van der Waals surface area contributed by atoms with Gasteiger partial charge in [-0.3, -0.25) is 0 Å². The van der Waals surface area contributed by atoms with Gasteiger partial charge < -0.3 is 9.47 Å². The number of allylic oxidation sites excluding steroid dienone is 2. The lowest BCUT2D eigenvalue weighted by Gasteiger charge is -2.12. The van der Waals surface area contributed by atoms with Crippen LogP contribution in [0.15, 0.2) is 36.4 Å². The predicted octanol–water partition coefficient (Wildman–Crippen LogP) is 4.08. The number of hydrogen-bond acceptors (Lipinski definition) is 4. The van der Waals surface area contributed by atoms with Crippen LogP contribution in [0.3, 0.4) is 0 Å². The number of aryl methyl sites for hydroxylation is 1. The molecule has 0 saturated heterocycles. The minimum atomic E-state index is -0.403. The van der Waals surface area contributed by atoms with Crippen molar-refractivity contribution in [3.05, 3.63) is 47.7 Å². The molecular weight excluding hydrogens is 316 g/mol. The highest BCUT2D eigenvalue weighted by Gasteiger charge is 2.22. The van der Waals surface area contributed by atoms with Crippen molar-refractivity contribution in [1.82, 2.24) is 9.78 Å². The van der Waals surface area contributed by atoms with Crippen LogP contribution in [-0.4, -0.2) is 29.5 Å². The van der Waals surface area contributed by atoms with E-state index >= 15 is 0 Å². The van der Waals surface area contributed by atoms with Crippen LogP contribution in [0.4, 0.5) is 0 Å². The Hall–Kier alpha value is -2.56. The molecule has 0 spiro atoms. The van der Waals surface area contributed by atoms with E-state index in [1.54, 1.807) is 4.68 Å². The molecule has 1 aromatic heterocycles. The Morgan fingerprint density at radius 2 is 2.00 bits per heavy atom. The van der Waals surface area contributed by atoms with Crippen molar-refractivity contribution in [2.75, 3.05) is 13.7 Å². The first-order valence-electron chi connectivity index (χ1n) is 8.74. The Balaban J connectivity index is 2.05. The lowest BCUT2D eigenvalue weighted by atomic mass is 10.0. The third-order valence-electron chi connectivity index (χ3n) is 4.44. The number of benzene rings is 1. The summed E-state index contributed by atoms with van der Waals surface area (Å²) < 4.78 is 12.4. The molecule has 3 rings (SSSR count). The summed E-state index contributed by atoms with van der Waals surface area (Å²) in [5, 5.41) is 4.69. The summed E-state index contributed by atoms with van der Waals surface area (Å²) in [6.07, 6.45) is 7.99. The average Bonchev–Trinajstić information content (AvgIpc) is 2.80. The summed E-state index contributed by atoms with van der Waals surface area (Å²) in [6, 6.07) is 9.83. The van der Waals surface area contributed by atoms with Crippen molar-refractivity contribution < 1.29 is 14.3 Å². The van der Waals surface area contributed by atoms with Crippen LogP contribution < -0.4 is 4.74 Å². The monoisotopic (exact) mass is 340 g/mol. The van der Waals surface area contributed by atoms with Crippen LogP contribution in [-0.2, 0) is 9.53 Å². The van der Waals surface area contributed by atoms with Crippen LogP contribution in [0.1, 0.15) is 43.4 Å². The van der Waals surface area contributed by atoms with Crippen molar-refractivity contribution in [3.8, 4) is 11.6 Å². The quantitative estimate of drug-likeness (QED) is 0.770. The molecule has 5 heteroatoms. The van der Waals surface area contributed by atoms with Gasteiger partial charge in [-0.25, -0.2) is 9.48 Å². The van der Waals surface area contributed by atoms with Gasteiger partial charge in [0.1, 0.15) is 0 Å². The van der Waals surface area contributed by atoms with E-state index in [4.69, 9.17) is 9.47 Å². The van der Waals surface area contributed by atoms with Crippen molar-refractivity contribution >= 4 is 11.5 Å². The van der Waals surface area contributed by atoms with Gasteiger partial charge in [-0.15, -0.1) is 0 Å². The van der Waals surface area contributed by atoms with E-state index in [0.717, 1.165) is 36.2 Å². The predicted molar refractivity (Wildman–Crippen MR) is 96.9 cm³/mol. The molecule has 2 aromatic rings. The molecule has 0 fully saturated rings. The standard InChI is InChI=1S/C20H24N2O3/c1-15-19(16-10-6-3-4-7-11-16)20(25-14-18(23)24-2)22(21-15)17-12-8-5-9-13-17/h5,8-10,12-13H,3-4,6-7,11,14H2,1-2H3. The fourth-order valence-corrected chi connectivity index (χ4v) is 3.18. The molecule has 1 aliphatic rings. The van der Waals surface area contributed by atoms with E-state index in [-0.39, 0.29) is 6.61 Å². The van der Waals surface area contributed by atoms with Gasteiger partial charge >= 0.3 is 5.97 Å². The third-order valence-corrected chi connectivity index (χ3v) is 4.44. The molecule has 0 atom stereocenters. The van der Waals surface area contributed by atoms with Crippen molar-refractivity contribution in [1.29, 1.82) is 0 Å². The van der Waals surface area contributed by atoms with Crippen molar-refractivity contribution in [2.24, 2.45) is 0 Å². The summed E-state index contributed by atoms with van der Waals surface area (Å²) in [5.74, 6) is 0.210. The number of rotatable bonds is 5. The molecule has 0 saturated carbocycles. The normalized spacial score (nSPS) is 14.6. The number of aromatic nitrogens is 2. The van der Waals surface area contributed by atoms with Crippen LogP contribution in [0, 0.1) is 6.92 Å². The third kappa shape index (κ3) is 3.92. The van der Waals surface area contributed by atoms with Gasteiger partial charge in [0, 0.05) is 0 Å². The fraction of sp³-hybridized carbons (Fsp3) is 0.400. The molecule has 1 aromatic carbocycles. The fourth-order valence-electron chi connectivity index (χ4n) is 3.18. The molecule has 5 nitrogen and oxygen atoms in total. The minimum Gasteiger partial charge on any atom is -0.466 e. The molecule has 0 unspecified atom stereocenters. The SMILES string of the molecule is COC(=O)COc1c(C2=CCCCCC2)c(C)nn1-c1ccccc1. The van der Waals surface area contributed by atoms with E-state index in [0.29, 0.717) is 5.88 Å². The Morgan fingerprint density at radius 3 is 2.76 bits per heavy atom. The topological polar surface area (TPSA) is 53.4 Å². The second-order valence-corrected chi connectivity index (χ2v) is 6.21. The van der Waals surface area contributed by atoms with E-state index in [1.807, 2.05) is 37.3 Å². The lowest BCUT2D eigenvalue weighted by molar-refractivity contribution is -0.143. The van der Waals surface area contributed by atoms with E-state index in [9.17, 15) is 4.79 Å². The number of esters is 1. The highest BCUT2D eigenvalue weighted by atomic mass is 16.6. The first kappa shape index (κ1) is 17.3. The molecule has 0 bridgehead atoms. The summed E-state index contributed by atoms with van der Waals surface area (Å²) in [5.41, 5.74) is 4.09. The molecule has 1 aliphatic carbocycles. The molecule has 0 amide bonds. The van der Waals surface area contributed by atoms with Gasteiger partial charge in [-0.1, -0.05) is 30.7 Å². The first-order valence-corrected chi connectivity index (χ1v) is 8.74. The minimum absolute atomic E-state index is 0.130. The molecule has 0 aliphatic heterocycles. The number of ether oxygens (including phenoxy) is 2. The molecule has 0 N–H and O–H groups in total. The number of methoxy groups -OCH3 is 1. The largest absolute Gasteiger partial charge is 0.466 e. The van der Waals surface area contributed by atoms with Gasteiger partial charge in [0.05, 0.1) is 24.1 Å². The first-order chi connectivity index (χ1) is 12.2. The van der Waals surface area contributed by atoms with Crippen LogP contribution in [0.5, 0.6) is 5.88 Å². The Labute approximate surface area is 148 Å². The maximum absolute atomic E-state index is 11.6. The molecule has 25 heavy (non-hydrogen) atoms. The maximum atomic E-state index is 11.6. The Morgan fingerprint density at radius 1 is 1.20 bits per heavy atom. The van der Waals surface area contributed by atoms with Gasteiger partial charge in [0.15, 0.2) is 6.61 Å². The van der Waals surface area contributed by atoms with E-state index in [2.05, 4.69) is 11.2 Å². The summed E-state index contributed by atoms with van der Waals surface area (Å²) in [7, 11) is 1.36. The van der Waals surface area contributed by atoms with Crippen LogP contribution in [0.25, 0.3) is 11.3 Å². The molecule has 1 heterocycles. The number of carbonyl (C=O) groups is 1. The van der Waals surface area contributed by atoms with Gasteiger partial charge in [0.25, 0.3) is 0 Å². The molecule has 0 radical (unpaired) electrons. The second-order valence-electron chi connectivity index (χ2n) is 6.21. The van der Waals surface area contributed by atoms with Crippen LogP contribution >= 0.6 is 0 Å². The zero-order chi connectivity index (χ0) is 17.6. The lowest BCUT2D eigenvalue weighted by Crippen LogP contribution is -2.15. The second kappa shape index (κ2) is 8.01. The highest BCUT2D eigenvalue weighted by molar-refractivity contribution is 5.74. The van der Waals surface area contributed by atoms with E-state index < -0.39 is 5.97 Å². The van der Waals surface area contributed by atoms with Crippen molar-refractivity contribution in [2.45, 2.75) is 39.0 Å². The zero-order valence-corrected chi connectivity index (χ0v) is 14.8. The number of para-hydroxylation sites is 1. The number of nitrogens with zero attached hydrogens (tertiary/aromatic N) is 2. The Kier molecular flexibility index (Phi) is 5.53. The molecular formula is C20H24N2O3. The maximum Gasteiger partial charge on any atom is 0.343 e. The van der Waals surface area contributed by atoms with Gasteiger partial charge in [-0.2, -0.15) is 5.10 Å². The smallest absolute Gasteiger partial charge is 0.343 e. The molecule has 132 valence electrons. The number of hydrogen-bond donors (Lipinski definition) is 0. The zero-order valence-electron chi connectivity index (χ0n) is 14.8. The van der Waals surface area contributed by atoms with Gasteiger partial charge in [-0.05, 0) is 50.3 Å². The van der Waals surface area contributed by atoms with E-state index in [1.165, 1.54) is 25.5 Å². The summed E-state index contributed by atoms with van der Waals surface area (Å²) in [6.45, 7) is 1.86.